The summed E-state index contributed by atoms with van der Waals surface area (Å²) < 4.78 is 15.1. The van der Waals surface area contributed by atoms with E-state index in [1.165, 1.54) is 0 Å². The van der Waals surface area contributed by atoms with Gasteiger partial charge in [-0.15, -0.1) is 0 Å². The number of rotatable bonds is 1. The van der Waals surface area contributed by atoms with Gasteiger partial charge in [-0.3, -0.25) is 4.79 Å². The lowest BCUT2D eigenvalue weighted by molar-refractivity contribution is -0.114. The number of halogens is 1. The van der Waals surface area contributed by atoms with Crippen molar-refractivity contribution in [1.82, 2.24) is 4.90 Å². The van der Waals surface area contributed by atoms with E-state index in [1.807, 2.05) is 12.1 Å². The molecule has 3 aliphatic heterocycles. The minimum Gasteiger partial charge on any atom is -0.369 e. The predicted molar refractivity (Wildman–Crippen MR) is 107 cm³/mol. The number of piperazine rings is 1. The molecule has 142 valence electrons. The average molecular weight is 377 g/mol. The van der Waals surface area contributed by atoms with Crippen LogP contribution in [-0.4, -0.2) is 44.0 Å². The van der Waals surface area contributed by atoms with Crippen LogP contribution in [0.2, 0.25) is 0 Å². The lowest BCUT2D eigenvalue weighted by Crippen LogP contribution is -2.44. The fourth-order valence-electron chi connectivity index (χ4n) is 3.80. The number of anilines is 3. The van der Waals surface area contributed by atoms with Crippen LogP contribution in [-0.2, 0) is 4.79 Å². The van der Waals surface area contributed by atoms with Crippen LogP contribution in [0.5, 0.6) is 0 Å². The maximum atomic E-state index is 15.1. The number of nitrogens with zero attached hydrogens (tertiary/aromatic N) is 3. The Morgan fingerprint density at radius 3 is 2.57 bits per heavy atom. The summed E-state index contributed by atoms with van der Waals surface area (Å²) in [6.45, 7) is 3.97. The molecule has 2 aromatic carbocycles. The standard InChI is InChI=1S/C21H20FN5O/c1-26-8-10-27(11-9-26)13-6-7-16-17(12-13)24-20(23-16)18-19(22)14-4-2-3-5-15(14)25-21(18)28/h2-7,12,23-24H,8-11H2,1H3. The fraction of sp³-hybridized carbons (Fsp3) is 0.238. The van der Waals surface area contributed by atoms with E-state index < -0.39 is 11.7 Å². The number of carbonyl (C=O) groups is 1. The Bertz CT molecular complexity index is 1130. The summed E-state index contributed by atoms with van der Waals surface area (Å²) in [5.41, 5.74) is 2.70. The van der Waals surface area contributed by atoms with Gasteiger partial charge in [0.05, 0.1) is 16.7 Å². The van der Waals surface area contributed by atoms with Crippen molar-refractivity contribution in [2.75, 3.05) is 48.8 Å². The highest BCUT2D eigenvalue weighted by atomic mass is 19.1. The highest BCUT2D eigenvalue weighted by Gasteiger charge is 2.28. The van der Waals surface area contributed by atoms with E-state index in [9.17, 15) is 4.79 Å². The molecule has 0 bridgehead atoms. The number of likely N-dealkylation sites (N-methyl/N-ethyl adjacent to an activating group) is 1. The lowest BCUT2D eigenvalue weighted by atomic mass is 10.1. The van der Waals surface area contributed by atoms with Crippen LogP contribution in [0.15, 0.2) is 58.9 Å². The van der Waals surface area contributed by atoms with Crippen LogP contribution < -0.4 is 26.1 Å². The highest BCUT2D eigenvalue weighted by molar-refractivity contribution is 6.08. The van der Waals surface area contributed by atoms with Gasteiger partial charge >= 0.3 is 0 Å². The third-order valence-electron chi connectivity index (χ3n) is 5.44. The minimum atomic E-state index is -0.585. The number of para-hydroxylation sites is 1. The fourth-order valence-corrected chi connectivity index (χ4v) is 3.80. The molecule has 7 heteroatoms. The van der Waals surface area contributed by atoms with E-state index in [4.69, 9.17) is 0 Å². The topological polar surface area (TPSA) is 60.0 Å². The zero-order chi connectivity index (χ0) is 19.3. The predicted octanol–water partition coefficient (Wildman–Crippen LogP) is 1.43. The summed E-state index contributed by atoms with van der Waals surface area (Å²) >= 11 is 0. The Kier molecular flexibility index (Phi) is 3.91. The Hall–Kier alpha value is -3.19. The minimum absolute atomic E-state index is 0.0592. The summed E-state index contributed by atoms with van der Waals surface area (Å²) in [5.74, 6) is -0.803. The second kappa shape index (κ2) is 6.45. The van der Waals surface area contributed by atoms with Crippen LogP contribution >= 0.6 is 0 Å². The molecule has 1 amide bonds. The monoisotopic (exact) mass is 377 g/mol. The molecule has 0 atom stereocenters. The molecular weight excluding hydrogens is 357 g/mol. The largest absolute Gasteiger partial charge is 0.369 e. The number of nitrogens with one attached hydrogen (secondary N) is 2. The van der Waals surface area contributed by atoms with Crippen molar-refractivity contribution in [1.29, 1.82) is 0 Å². The van der Waals surface area contributed by atoms with Crippen molar-refractivity contribution in [3.63, 3.8) is 0 Å². The van der Waals surface area contributed by atoms with Crippen molar-refractivity contribution in [3.05, 3.63) is 64.4 Å². The van der Waals surface area contributed by atoms with Gasteiger partial charge in [0, 0.05) is 37.1 Å². The van der Waals surface area contributed by atoms with Gasteiger partial charge in [0.25, 0.3) is 5.91 Å². The molecule has 0 aliphatic carbocycles. The lowest BCUT2D eigenvalue weighted by Gasteiger charge is -2.34. The zero-order valence-corrected chi connectivity index (χ0v) is 15.5. The molecule has 0 aromatic heterocycles. The average Bonchev–Trinajstić information content (AvgIpc) is 3.11. The summed E-state index contributed by atoms with van der Waals surface area (Å²) in [6, 6.07) is 12.8. The molecule has 0 radical (unpaired) electrons. The number of benzene rings is 2. The van der Waals surface area contributed by atoms with Crippen molar-refractivity contribution >= 4 is 28.8 Å². The van der Waals surface area contributed by atoms with E-state index in [0.717, 1.165) is 43.2 Å². The second-order valence-corrected chi connectivity index (χ2v) is 7.27. The Labute approximate surface area is 161 Å². The molecule has 2 aromatic rings. The van der Waals surface area contributed by atoms with Crippen LogP contribution in [0.25, 0.3) is 5.83 Å². The molecule has 6 nitrogen and oxygen atoms in total. The number of hydrogen-bond acceptors (Lipinski definition) is 5. The third kappa shape index (κ3) is 2.75. The third-order valence-corrected chi connectivity index (χ3v) is 5.44. The van der Waals surface area contributed by atoms with Gasteiger partial charge in [-0.2, -0.15) is 0 Å². The van der Waals surface area contributed by atoms with E-state index in [1.54, 1.807) is 24.3 Å². The molecule has 0 spiro atoms. The van der Waals surface area contributed by atoms with Crippen molar-refractivity contribution in [2.24, 2.45) is 4.99 Å². The SMILES string of the molecule is CN1CCN(c2ccc3c(c2)NC(=C2C(=O)N=c4ccccc4=C2F)N3)CC1. The summed E-state index contributed by atoms with van der Waals surface area (Å²) in [6.07, 6.45) is 0. The van der Waals surface area contributed by atoms with Crippen LogP contribution in [0.4, 0.5) is 21.5 Å². The van der Waals surface area contributed by atoms with Gasteiger partial charge in [-0.1, -0.05) is 12.1 Å². The van der Waals surface area contributed by atoms with Crippen molar-refractivity contribution in [2.45, 2.75) is 0 Å². The maximum absolute atomic E-state index is 15.1. The number of fused-ring (bicyclic) bond motifs is 2. The van der Waals surface area contributed by atoms with E-state index >= 15 is 4.39 Å². The summed E-state index contributed by atoms with van der Waals surface area (Å²) in [5, 5.41) is 7.01. The van der Waals surface area contributed by atoms with Crippen LogP contribution in [0.3, 0.4) is 0 Å². The molecule has 1 saturated heterocycles. The molecule has 28 heavy (non-hydrogen) atoms. The quantitative estimate of drug-likeness (QED) is 0.737. The molecule has 2 N–H and O–H groups in total. The van der Waals surface area contributed by atoms with E-state index in [-0.39, 0.29) is 5.57 Å². The molecule has 0 saturated carbocycles. The molecular formula is C21H20FN5O. The van der Waals surface area contributed by atoms with Gasteiger partial charge < -0.3 is 20.4 Å². The first-order valence-electron chi connectivity index (χ1n) is 9.34. The molecule has 5 rings (SSSR count). The van der Waals surface area contributed by atoms with Gasteiger partial charge in [-0.25, -0.2) is 9.38 Å². The summed E-state index contributed by atoms with van der Waals surface area (Å²) in [4.78, 5) is 21.1. The zero-order valence-electron chi connectivity index (χ0n) is 15.5. The van der Waals surface area contributed by atoms with Crippen LogP contribution in [0.1, 0.15) is 0 Å². The van der Waals surface area contributed by atoms with Gasteiger partial charge in [0.15, 0.2) is 0 Å². The Balaban J connectivity index is 1.50. The molecule has 0 unspecified atom stereocenters. The number of amides is 1. The summed E-state index contributed by atoms with van der Waals surface area (Å²) in [7, 11) is 2.12. The first-order chi connectivity index (χ1) is 13.6. The van der Waals surface area contributed by atoms with Crippen molar-refractivity contribution in [3.8, 4) is 0 Å². The van der Waals surface area contributed by atoms with Gasteiger partial charge in [-0.05, 0) is 37.4 Å². The first kappa shape index (κ1) is 16.9. The van der Waals surface area contributed by atoms with Crippen molar-refractivity contribution < 1.29 is 9.18 Å². The number of hydrogen-bond donors (Lipinski definition) is 2. The van der Waals surface area contributed by atoms with E-state index in [0.29, 0.717) is 16.4 Å². The Morgan fingerprint density at radius 1 is 1.00 bits per heavy atom. The normalized spacial score (nSPS) is 21.6. The van der Waals surface area contributed by atoms with Crippen LogP contribution in [0, 0.1) is 0 Å². The highest BCUT2D eigenvalue weighted by Crippen LogP contribution is 2.36. The molecule has 1 fully saturated rings. The van der Waals surface area contributed by atoms with Gasteiger partial charge in [0.1, 0.15) is 17.2 Å². The second-order valence-electron chi connectivity index (χ2n) is 7.27. The number of carbonyl (C=O) groups excluding carboxylic acids is 1. The smallest absolute Gasteiger partial charge is 0.284 e. The first-order valence-corrected chi connectivity index (χ1v) is 9.34. The molecule has 3 heterocycles. The maximum Gasteiger partial charge on any atom is 0.284 e. The Morgan fingerprint density at radius 2 is 1.75 bits per heavy atom. The van der Waals surface area contributed by atoms with Gasteiger partial charge in [0.2, 0.25) is 0 Å². The van der Waals surface area contributed by atoms with E-state index in [2.05, 4.69) is 38.5 Å². The molecule has 3 aliphatic rings.